The van der Waals surface area contributed by atoms with E-state index >= 15 is 0 Å². The van der Waals surface area contributed by atoms with Gasteiger partial charge in [-0.25, -0.2) is 4.98 Å². The molecule has 0 saturated carbocycles. The van der Waals surface area contributed by atoms with Crippen molar-refractivity contribution in [1.29, 1.82) is 0 Å². The van der Waals surface area contributed by atoms with Crippen molar-refractivity contribution < 1.29 is 9.47 Å². The molecule has 1 unspecified atom stereocenters. The molecule has 0 aromatic carbocycles. The highest BCUT2D eigenvalue weighted by Crippen LogP contribution is 2.39. The molecule has 1 saturated heterocycles. The smallest absolute Gasteiger partial charge is 0.258 e. The maximum absolute atomic E-state index is 6.80. The number of aromatic amines is 1. The lowest BCUT2D eigenvalue weighted by atomic mass is 10.3. The number of H-pyrrole nitrogens is 1. The van der Waals surface area contributed by atoms with Gasteiger partial charge in [0.15, 0.2) is 23.4 Å². The molecule has 4 aromatic rings. The number of thiophene rings is 1. The zero-order chi connectivity index (χ0) is 19.8. The highest BCUT2D eigenvalue weighted by atomic mass is 35.5. The van der Waals surface area contributed by atoms with Crippen LogP contribution < -0.4 is 9.64 Å². The van der Waals surface area contributed by atoms with E-state index in [1.165, 1.54) is 6.33 Å². The van der Waals surface area contributed by atoms with Gasteiger partial charge in [0.2, 0.25) is 0 Å². The molecule has 10 nitrogen and oxygen atoms in total. The topological polar surface area (TPSA) is 106 Å². The van der Waals surface area contributed by atoms with E-state index in [4.69, 9.17) is 26.2 Å². The van der Waals surface area contributed by atoms with Crippen LogP contribution in [0.25, 0.3) is 16.3 Å². The van der Waals surface area contributed by atoms with E-state index < -0.39 is 6.10 Å². The number of fused-ring (bicyclic) bond motifs is 1. The second-order valence-electron chi connectivity index (χ2n) is 6.43. The van der Waals surface area contributed by atoms with Crippen molar-refractivity contribution in [2.75, 3.05) is 31.2 Å². The second kappa shape index (κ2) is 7.58. The molecule has 1 aliphatic heterocycles. The molecule has 0 radical (unpaired) electrons. The SMILES string of the molecule is CC(Oc1nn2c(-c3cccs3)nnc2c(Cl)c1N1CCOCC1)c1ncn[nH]1. The number of aromatic nitrogens is 7. The summed E-state index contributed by atoms with van der Waals surface area (Å²) in [6, 6.07) is 3.92. The van der Waals surface area contributed by atoms with Crippen LogP contribution >= 0.6 is 22.9 Å². The van der Waals surface area contributed by atoms with Gasteiger partial charge in [-0.3, -0.25) is 5.10 Å². The summed E-state index contributed by atoms with van der Waals surface area (Å²) in [5.41, 5.74) is 1.16. The fourth-order valence-electron chi connectivity index (χ4n) is 3.18. The van der Waals surface area contributed by atoms with Crippen LogP contribution in [0.3, 0.4) is 0 Å². The molecular formula is C17H17ClN8O2S. The summed E-state index contributed by atoms with van der Waals surface area (Å²) < 4.78 is 13.3. The minimum atomic E-state index is -0.403. The van der Waals surface area contributed by atoms with Gasteiger partial charge in [0, 0.05) is 13.1 Å². The second-order valence-corrected chi connectivity index (χ2v) is 7.76. The maximum atomic E-state index is 6.80. The van der Waals surface area contributed by atoms with E-state index in [1.807, 2.05) is 24.4 Å². The molecule has 0 spiro atoms. The van der Waals surface area contributed by atoms with Gasteiger partial charge < -0.3 is 14.4 Å². The third kappa shape index (κ3) is 3.30. The predicted octanol–water partition coefficient (Wildman–Crippen LogP) is 2.60. The summed E-state index contributed by atoms with van der Waals surface area (Å²) in [6.45, 7) is 4.43. The predicted molar refractivity (Wildman–Crippen MR) is 108 cm³/mol. The van der Waals surface area contributed by atoms with Gasteiger partial charge in [0.25, 0.3) is 5.88 Å². The molecular weight excluding hydrogens is 416 g/mol. The first-order valence-corrected chi connectivity index (χ1v) is 10.3. The fourth-order valence-corrected chi connectivity index (χ4v) is 4.20. The first-order valence-electron chi connectivity index (χ1n) is 9.06. The average Bonchev–Trinajstić information content (AvgIpc) is 3.49. The third-order valence-electron chi connectivity index (χ3n) is 4.61. The van der Waals surface area contributed by atoms with Crippen LogP contribution in [0.4, 0.5) is 5.69 Å². The number of halogens is 1. The van der Waals surface area contributed by atoms with Crippen molar-refractivity contribution >= 4 is 34.3 Å². The lowest BCUT2D eigenvalue weighted by Crippen LogP contribution is -2.37. The Morgan fingerprint density at radius 3 is 2.90 bits per heavy atom. The Morgan fingerprint density at radius 1 is 1.31 bits per heavy atom. The quantitative estimate of drug-likeness (QED) is 0.513. The third-order valence-corrected chi connectivity index (χ3v) is 5.83. The van der Waals surface area contributed by atoms with E-state index in [1.54, 1.807) is 15.9 Å². The van der Waals surface area contributed by atoms with E-state index in [0.29, 0.717) is 60.2 Å². The van der Waals surface area contributed by atoms with Gasteiger partial charge in [0.05, 0.1) is 18.1 Å². The van der Waals surface area contributed by atoms with Crippen molar-refractivity contribution in [3.05, 3.63) is 34.7 Å². The Morgan fingerprint density at radius 2 is 2.17 bits per heavy atom. The number of morpholine rings is 1. The summed E-state index contributed by atoms with van der Waals surface area (Å²) in [7, 11) is 0. The van der Waals surface area contributed by atoms with Gasteiger partial charge >= 0.3 is 0 Å². The molecule has 1 fully saturated rings. The summed E-state index contributed by atoms with van der Waals surface area (Å²) in [5.74, 6) is 1.59. The monoisotopic (exact) mass is 432 g/mol. The van der Waals surface area contributed by atoms with Gasteiger partial charge in [-0.2, -0.15) is 9.61 Å². The maximum Gasteiger partial charge on any atom is 0.258 e. The Balaban J connectivity index is 1.65. The molecule has 0 aliphatic carbocycles. The lowest BCUT2D eigenvalue weighted by molar-refractivity contribution is 0.122. The minimum Gasteiger partial charge on any atom is -0.464 e. The molecule has 150 valence electrons. The Hall–Kier alpha value is -2.76. The standard InChI is InChI=1S/C17H17ClN8O2S/c1-10(14-19-9-20-21-14)28-17-13(25-4-6-27-7-5-25)12(18)16-23-22-15(26(16)24-17)11-3-2-8-29-11/h2-3,8-10H,4-7H2,1H3,(H,19,20,21). The molecule has 5 heterocycles. The van der Waals surface area contributed by atoms with Crippen LogP contribution in [0.1, 0.15) is 18.9 Å². The Bertz CT molecular complexity index is 1110. The number of anilines is 1. The van der Waals surface area contributed by atoms with E-state index in [2.05, 4.69) is 30.3 Å². The van der Waals surface area contributed by atoms with E-state index in [9.17, 15) is 0 Å². The number of nitrogens with zero attached hydrogens (tertiary/aromatic N) is 7. The summed E-state index contributed by atoms with van der Waals surface area (Å²) in [6.07, 6.45) is 1.04. The Labute approximate surface area is 174 Å². The summed E-state index contributed by atoms with van der Waals surface area (Å²) in [5, 5.41) is 22.4. The van der Waals surface area contributed by atoms with Crippen LogP contribution in [0.2, 0.25) is 5.02 Å². The lowest BCUT2D eigenvalue weighted by Gasteiger charge is -2.30. The van der Waals surface area contributed by atoms with Crippen LogP contribution in [-0.2, 0) is 4.74 Å². The number of hydrogen-bond acceptors (Lipinski definition) is 9. The van der Waals surface area contributed by atoms with E-state index in [-0.39, 0.29) is 0 Å². The highest BCUT2D eigenvalue weighted by molar-refractivity contribution is 7.13. The van der Waals surface area contributed by atoms with Crippen LogP contribution in [-0.4, -0.2) is 61.3 Å². The molecule has 5 rings (SSSR count). The van der Waals surface area contributed by atoms with Gasteiger partial charge in [-0.1, -0.05) is 17.7 Å². The number of nitrogens with one attached hydrogen (secondary N) is 1. The van der Waals surface area contributed by atoms with Crippen LogP contribution in [0, 0.1) is 0 Å². The number of rotatable bonds is 5. The summed E-state index contributed by atoms with van der Waals surface area (Å²) in [4.78, 5) is 7.21. The van der Waals surface area contributed by atoms with Crippen molar-refractivity contribution in [3.8, 4) is 16.6 Å². The zero-order valence-electron chi connectivity index (χ0n) is 15.4. The van der Waals surface area contributed by atoms with Crippen molar-refractivity contribution in [2.45, 2.75) is 13.0 Å². The summed E-state index contributed by atoms with van der Waals surface area (Å²) >= 11 is 8.36. The van der Waals surface area contributed by atoms with Crippen molar-refractivity contribution in [2.24, 2.45) is 0 Å². The highest BCUT2D eigenvalue weighted by Gasteiger charge is 2.27. The van der Waals surface area contributed by atoms with Crippen LogP contribution in [0.15, 0.2) is 23.8 Å². The Kier molecular flexibility index (Phi) is 4.78. The zero-order valence-corrected chi connectivity index (χ0v) is 17.0. The molecule has 4 aromatic heterocycles. The van der Waals surface area contributed by atoms with Crippen molar-refractivity contribution in [3.63, 3.8) is 0 Å². The largest absolute Gasteiger partial charge is 0.464 e. The van der Waals surface area contributed by atoms with Gasteiger partial charge in [-0.15, -0.1) is 26.6 Å². The average molecular weight is 433 g/mol. The molecule has 1 atom stereocenters. The first-order chi connectivity index (χ1) is 14.2. The van der Waals surface area contributed by atoms with Crippen molar-refractivity contribution in [1.82, 2.24) is 35.0 Å². The normalized spacial score (nSPS) is 15.7. The molecule has 1 N–H and O–H groups in total. The number of hydrogen-bond donors (Lipinski definition) is 1. The first kappa shape index (κ1) is 18.3. The molecule has 29 heavy (non-hydrogen) atoms. The van der Waals surface area contributed by atoms with Gasteiger partial charge in [0.1, 0.15) is 17.0 Å². The number of ether oxygens (including phenoxy) is 2. The minimum absolute atomic E-state index is 0.380. The molecule has 0 amide bonds. The van der Waals surface area contributed by atoms with Crippen LogP contribution in [0.5, 0.6) is 5.88 Å². The molecule has 1 aliphatic rings. The van der Waals surface area contributed by atoms with E-state index in [0.717, 1.165) is 4.88 Å². The molecule has 12 heteroatoms. The fraction of sp³-hybridized carbons (Fsp3) is 0.353. The molecule has 0 bridgehead atoms. The van der Waals surface area contributed by atoms with Gasteiger partial charge in [-0.05, 0) is 18.4 Å².